The normalized spacial score (nSPS) is 14.2. The first-order chi connectivity index (χ1) is 15.1. The Kier molecular flexibility index (Phi) is 8.12. The van der Waals surface area contributed by atoms with Crippen molar-refractivity contribution in [3.05, 3.63) is 76.5 Å². The van der Waals surface area contributed by atoms with E-state index in [0.29, 0.717) is 6.54 Å². The Hall–Kier alpha value is -3.26. The van der Waals surface area contributed by atoms with Crippen molar-refractivity contribution in [2.75, 3.05) is 13.7 Å². The van der Waals surface area contributed by atoms with Crippen molar-refractivity contribution in [3.8, 4) is 11.8 Å². The number of nitrogens with zero attached hydrogens (tertiary/aromatic N) is 1. The Balaban J connectivity index is 1.56. The van der Waals surface area contributed by atoms with Gasteiger partial charge in [0, 0.05) is 12.7 Å². The lowest BCUT2D eigenvalue weighted by Gasteiger charge is -2.21. The second kappa shape index (κ2) is 11.2. The molecule has 3 rings (SSSR count). The summed E-state index contributed by atoms with van der Waals surface area (Å²) in [6.45, 7) is 2.68. The van der Waals surface area contributed by atoms with Crippen LogP contribution in [0.4, 0.5) is 0 Å². The summed E-state index contributed by atoms with van der Waals surface area (Å²) in [5.41, 5.74) is 5.18. The van der Waals surface area contributed by atoms with Gasteiger partial charge in [0.05, 0.1) is 13.2 Å². The molecule has 2 aromatic rings. The van der Waals surface area contributed by atoms with Gasteiger partial charge in [-0.2, -0.15) is 5.26 Å². The molecule has 1 amide bonds. The topological polar surface area (TPSA) is 74.2 Å². The highest BCUT2D eigenvalue weighted by atomic mass is 16.5. The maximum absolute atomic E-state index is 12.7. The average molecular weight is 418 g/mol. The molecule has 1 atom stereocenters. The van der Waals surface area contributed by atoms with E-state index >= 15 is 0 Å². The van der Waals surface area contributed by atoms with Crippen molar-refractivity contribution >= 4 is 5.91 Å². The van der Waals surface area contributed by atoms with E-state index in [1.54, 1.807) is 7.11 Å². The number of nitrogens with one attached hydrogen (secondary N) is 2. The summed E-state index contributed by atoms with van der Waals surface area (Å²) < 4.78 is 5.16. The minimum absolute atomic E-state index is 0.0890. The van der Waals surface area contributed by atoms with E-state index in [-0.39, 0.29) is 17.5 Å². The monoisotopic (exact) mass is 417 g/mol. The van der Waals surface area contributed by atoms with E-state index in [9.17, 15) is 10.1 Å². The van der Waals surface area contributed by atoms with Crippen LogP contribution < -0.4 is 15.4 Å². The third-order valence-electron chi connectivity index (χ3n) is 5.82. The first kappa shape index (κ1) is 22.4. The number of benzene rings is 2. The standard InChI is InChI=1S/C26H31N3O2/c1-3-25(22-11-10-20-6-4-5-7-21(20)16-22)29-26(30)23(17-27)18-28-15-14-19-8-12-24(31-2)13-9-19/h8-13,16,18,25,28H,3-7,14-15H2,1-2H3,(H,29,30)/b23-18-. The van der Waals surface area contributed by atoms with Crippen molar-refractivity contribution < 1.29 is 9.53 Å². The molecule has 0 aliphatic heterocycles. The van der Waals surface area contributed by atoms with Crippen LogP contribution in [0.2, 0.25) is 0 Å². The molecule has 0 aromatic heterocycles. The third kappa shape index (κ3) is 6.11. The Labute approximate surface area is 185 Å². The Bertz CT molecular complexity index is 958. The van der Waals surface area contributed by atoms with Crippen molar-refractivity contribution in [2.24, 2.45) is 0 Å². The van der Waals surface area contributed by atoms with Gasteiger partial charge in [-0.15, -0.1) is 0 Å². The number of amides is 1. The van der Waals surface area contributed by atoms with Gasteiger partial charge in [-0.25, -0.2) is 0 Å². The summed E-state index contributed by atoms with van der Waals surface area (Å²) in [7, 11) is 1.64. The fourth-order valence-electron chi connectivity index (χ4n) is 3.96. The van der Waals surface area contributed by atoms with E-state index in [0.717, 1.165) is 42.6 Å². The first-order valence-electron chi connectivity index (χ1n) is 11.0. The summed E-state index contributed by atoms with van der Waals surface area (Å²) in [6.07, 6.45) is 7.79. The minimum atomic E-state index is -0.344. The Morgan fingerprint density at radius 3 is 2.58 bits per heavy atom. The molecule has 2 N–H and O–H groups in total. The summed E-state index contributed by atoms with van der Waals surface area (Å²) in [6, 6.07) is 16.3. The van der Waals surface area contributed by atoms with Gasteiger partial charge in [0.15, 0.2) is 0 Å². The number of ether oxygens (including phenoxy) is 1. The summed E-state index contributed by atoms with van der Waals surface area (Å²) in [4.78, 5) is 12.7. The fraction of sp³-hybridized carbons (Fsp3) is 0.385. The molecule has 1 aliphatic rings. The molecule has 5 heteroatoms. The predicted molar refractivity (Wildman–Crippen MR) is 123 cm³/mol. The van der Waals surface area contributed by atoms with E-state index in [1.165, 1.54) is 30.2 Å². The van der Waals surface area contributed by atoms with Crippen molar-refractivity contribution in [1.29, 1.82) is 5.26 Å². The molecular weight excluding hydrogens is 386 g/mol. The molecule has 0 spiro atoms. The number of nitriles is 1. The van der Waals surface area contributed by atoms with Crippen LogP contribution >= 0.6 is 0 Å². The van der Waals surface area contributed by atoms with Crippen LogP contribution in [0.25, 0.3) is 0 Å². The molecule has 0 saturated carbocycles. The number of methoxy groups -OCH3 is 1. The summed E-state index contributed by atoms with van der Waals surface area (Å²) in [5.74, 6) is 0.480. The number of aryl methyl sites for hydroxylation is 2. The van der Waals surface area contributed by atoms with Crippen LogP contribution in [-0.2, 0) is 24.1 Å². The van der Waals surface area contributed by atoms with Crippen LogP contribution in [0.15, 0.2) is 54.2 Å². The maximum Gasteiger partial charge on any atom is 0.263 e. The van der Waals surface area contributed by atoms with Crippen molar-refractivity contribution in [1.82, 2.24) is 10.6 Å². The highest BCUT2D eigenvalue weighted by molar-refractivity contribution is 5.97. The zero-order valence-corrected chi connectivity index (χ0v) is 18.4. The zero-order chi connectivity index (χ0) is 22.1. The SMILES string of the molecule is CCC(NC(=O)/C(C#N)=C\NCCc1ccc(OC)cc1)c1ccc2c(c1)CCCC2. The first-order valence-corrected chi connectivity index (χ1v) is 11.0. The molecule has 31 heavy (non-hydrogen) atoms. The molecule has 2 aromatic carbocycles. The number of fused-ring (bicyclic) bond motifs is 1. The van der Waals surface area contributed by atoms with E-state index < -0.39 is 0 Å². The maximum atomic E-state index is 12.7. The molecule has 5 nitrogen and oxygen atoms in total. The lowest BCUT2D eigenvalue weighted by molar-refractivity contribution is -0.117. The largest absolute Gasteiger partial charge is 0.497 e. The predicted octanol–water partition coefficient (Wildman–Crippen LogP) is 4.38. The Morgan fingerprint density at radius 2 is 1.90 bits per heavy atom. The van der Waals surface area contributed by atoms with Crippen LogP contribution in [0.5, 0.6) is 5.75 Å². The van der Waals surface area contributed by atoms with Crippen LogP contribution in [0.1, 0.15) is 54.5 Å². The van der Waals surface area contributed by atoms with Crippen LogP contribution in [-0.4, -0.2) is 19.6 Å². The van der Waals surface area contributed by atoms with Gasteiger partial charge >= 0.3 is 0 Å². The lowest BCUT2D eigenvalue weighted by atomic mass is 9.88. The van der Waals surface area contributed by atoms with Gasteiger partial charge in [-0.3, -0.25) is 4.79 Å². The number of hydrogen-bond acceptors (Lipinski definition) is 4. The number of hydrogen-bond donors (Lipinski definition) is 2. The molecule has 0 heterocycles. The second-order valence-electron chi connectivity index (χ2n) is 7.89. The molecule has 0 radical (unpaired) electrons. The highest BCUT2D eigenvalue weighted by Gasteiger charge is 2.18. The van der Waals surface area contributed by atoms with E-state index in [2.05, 4.69) is 28.8 Å². The Morgan fingerprint density at radius 1 is 1.16 bits per heavy atom. The van der Waals surface area contributed by atoms with Crippen LogP contribution in [0, 0.1) is 11.3 Å². The molecule has 1 unspecified atom stereocenters. The molecule has 0 bridgehead atoms. The molecule has 162 valence electrons. The highest BCUT2D eigenvalue weighted by Crippen LogP contribution is 2.26. The van der Waals surface area contributed by atoms with Gasteiger partial charge < -0.3 is 15.4 Å². The quantitative estimate of drug-likeness (QED) is 0.361. The van der Waals surface area contributed by atoms with E-state index in [4.69, 9.17) is 4.74 Å². The minimum Gasteiger partial charge on any atom is -0.497 e. The number of carbonyl (C=O) groups is 1. The molecule has 0 saturated heterocycles. The molecule has 1 aliphatic carbocycles. The third-order valence-corrected chi connectivity index (χ3v) is 5.82. The smallest absolute Gasteiger partial charge is 0.263 e. The molecular formula is C26H31N3O2. The summed E-state index contributed by atoms with van der Waals surface area (Å²) >= 11 is 0. The zero-order valence-electron chi connectivity index (χ0n) is 18.4. The van der Waals surface area contributed by atoms with Crippen molar-refractivity contribution in [2.45, 2.75) is 51.5 Å². The average Bonchev–Trinajstić information content (AvgIpc) is 2.82. The van der Waals surface area contributed by atoms with Gasteiger partial charge in [0.2, 0.25) is 0 Å². The fourth-order valence-corrected chi connectivity index (χ4v) is 3.96. The van der Waals surface area contributed by atoms with Crippen molar-refractivity contribution in [3.63, 3.8) is 0 Å². The van der Waals surface area contributed by atoms with Gasteiger partial charge in [-0.05, 0) is 72.9 Å². The lowest BCUT2D eigenvalue weighted by Crippen LogP contribution is -2.30. The number of rotatable bonds is 9. The molecule has 0 fully saturated rings. The van der Waals surface area contributed by atoms with E-state index in [1.807, 2.05) is 37.3 Å². The summed E-state index contributed by atoms with van der Waals surface area (Å²) in [5, 5.41) is 15.6. The second-order valence-corrected chi connectivity index (χ2v) is 7.89. The van der Waals surface area contributed by atoms with Gasteiger partial charge in [-0.1, -0.05) is 37.3 Å². The number of carbonyl (C=O) groups excluding carboxylic acids is 1. The van der Waals surface area contributed by atoms with Crippen LogP contribution in [0.3, 0.4) is 0 Å². The van der Waals surface area contributed by atoms with Gasteiger partial charge in [0.1, 0.15) is 17.4 Å². The van der Waals surface area contributed by atoms with Gasteiger partial charge in [0.25, 0.3) is 5.91 Å².